The Kier molecular flexibility index (Phi) is 3.35. The normalized spacial score (nSPS) is 16.3. The van der Waals surface area contributed by atoms with Crippen LogP contribution in [0.25, 0.3) is 11.0 Å². The monoisotopic (exact) mass is 305 g/mol. The first-order valence-electron chi connectivity index (χ1n) is 7.06. The average molecular weight is 305 g/mol. The van der Waals surface area contributed by atoms with Gasteiger partial charge in [0.15, 0.2) is 0 Å². The van der Waals surface area contributed by atoms with E-state index in [9.17, 15) is 19.1 Å². The molecular weight excluding hydrogens is 289 g/mol. The lowest BCUT2D eigenvalue weighted by atomic mass is 9.66. The molecule has 0 spiro atoms. The van der Waals surface area contributed by atoms with Gasteiger partial charge in [-0.15, -0.1) is 0 Å². The molecule has 0 aliphatic heterocycles. The Hall–Kier alpha value is -2.44. The molecule has 22 heavy (non-hydrogen) atoms. The molecule has 0 unspecified atom stereocenters. The molecule has 116 valence electrons. The average Bonchev–Trinajstić information content (AvgIpc) is 2.69. The zero-order chi connectivity index (χ0) is 15.9. The third-order valence-corrected chi connectivity index (χ3v) is 4.36. The minimum atomic E-state index is -0.944. The van der Waals surface area contributed by atoms with Crippen LogP contribution >= 0.6 is 0 Å². The summed E-state index contributed by atoms with van der Waals surface area (Å²) in [6, 6.07) is 4.19. The Balaban J connectivity index is 1.79. The molecule has 3 rings (SSSR count). The molecule has 0 atom stereocenters. The van der Waals surface area contributed by atoms with E-state index in [2.05, 4.69) is 10.3 Å². The maximum absolute atomic E-state index is 13.2. The highest BCUT2D eigenvalue weighted by atomic mass is 19.1. The van der Waals surface area contributed by atoms with Crippen molar-refractivity contribution in [1.82, 2.24) is 9.55 Å². The Labute approximate surface area is 125 Å². The van der Waals surface area contributed by atoms with E-state index in [1.54, 1.807) is 17.7 Å². The SMILES string of the molecule is Cn1c(NC(=O)CC2(C(=O)O)CCC2)nc2cc(F)ccc21. The number of imidazole rings is 1. The molecule has 1 aliphatic carbocycles. The molecule has 1 fully saturated rings. The lowest BCUT2D eigenvalue weighted by Crippen LogP contribution is -2.41. The minimum absolute atomic E-state index is 0.0695. The first-order valence-corrected chi connectivity index (χ1v) is 7.06. The number of nitrogens with one attached hydrogen (secondary N) is 1. The largest absolute Gasteiger partial charge is 0.481 e. The van der Waals surface area contributed by atoms with Gasteiger partial charge >= 0.3 is 5.97 Å². The Morgan fingerprint density at radius 3 is 2.77 bits per heavy atom. The number of benzene rings is 1. The molecule has 0 bridgehead atoms. The van der Waals surface area contributed by atoms with Crippen LogP contribution in [0.3, 0.4) is 0 Å². The van der Waals surface area contributed by atoms with Crippen LogP contribution in [0.15, 0.2) is 18.2 Å². The number of aliphatic carboxylic acids is 1. The summed E-state index contributed by atoms with van der Waals surface area (Å²) in [6.45, 7) is 0. The summed E-state index contributed by atoms with van der Waals surface area (Å²) in [4.78, 5) is 27.6. The fourth-order valence-corrected chi connectivity index (χ4v) is 2.83. The van der Waals surface area contributed by atoms with E-state index < -0.39 is 17.2 Å². The highest BCUT2D eigenvalue weighted by molar-refractivity contribution is 5.94. The first kappa shape index (κ1) is 14.5. The number of carboxylic acid groups (broad SMARTS) is 1. The highest BCUT2D eigenvalue weighted by Gasteiger charge is 2.46. The van der Waals surface area contributed by atoms with E-state index in [1.165, 1.54) is 12.1 Å². The van der Waals surface area contributed by atoms with E-state index in [1.807, 2.05) is 0 Å². The number of hydrogen-bond donors (Lipinski definition) is 2. The van der Waals surface area contributed by atoms with Crippen LogP contribution in [0.5, 0.6) is 0 Å². The van der Waals surface area contributed by atoms with Gasteiger partial charge in [0.1, 0.15) is 5.82 Å². The van der Waals surface area contributed by atoms with E-state index in [-0.39, 0.29) is 18.3 Å². The van der Waals surface area contributed by atoms with Gasteiger partial charge in [-0.1, -0.05) is 6.42 Å². The molecule has 1 heterocycles. The number of fused-ring (bicyclic) bond motifs is 1. The van der Waals surface area contributed by atoms with Crippen molar-refractivity contribution >= 4 is 28.9 Å². The Bertz CT molecular complexity index is 765. The minimum Gasteiger partial charge on any atom is -0.481 e. The molecule has 1 amide bonds. The van der Waals surface area contributed by atoms with Crippen LogP contribution in [0, 0.1) is 11.2 Å². The number of hydrogen-bond acceptors (Lipinski definition) is 3. The lowest BCUT2D eigenvalue weighted by Gasteiger charge is -2.36. The van der Waals surface area contributed by atoms with Gasteiger partial charge in [-0.2, -0.15) is 0 Å². The Morgan fingerprint density at radius 1 is 1.45 bits per heavy atom. The summed E-state index contributed by atoms with van der Waals surface area (Å²) >= 11 is 0. The van der Waals surface area contributed by atoms with E-state index in [0.29, 0.717) is 23.9 Å². The molecule has 7 heteroatoms. The maximum Gasteiger partial charge on any atom is 0.310 e. The number of carbonyl (C=O) groups excluding carboxylic acids is 1. The zero-order valence-corrected chi connectivity index (χ0v) is 12.1. The predicted molar refractivity (Wildman–Crippen MR) is 77.8 cm³/mol. The number of carboxylic acids is 1. The predicted octanol–water partition coefficient (Wildman–Crippen LogP) is 2.30. The first-order chi connectivity index (χ1) is 10.4. The number of carbonyl (C=O) groups is 2. The van der Waals surface area contributed by atoms with Crippen LogP contribution in [0.1, 0.15) is 25.7 Å². The molecular formula is C15H16FN3O3. The van der Waals surface area contributed by atoms with E-state index in [0.717, 1.165) is 6.42 Å². The summed E-state index contributed by atoms with van der Waals surface area (Å²) in [5.74, 6) is -1.44. The van der Waals surface area contributed by atoms with Gasteiger partial charge in [0.25, 0.3) is 0 Å². The van der Waals surface area contributed by atoms with Crippen molar-refractivity contribution in [2.75, 3.05) is 5.32 Å². The van der Waals surface area contributed by atoms with Gasteiger partial charge < -0.3 is 9.67 Å². The number of aromatic nitrogens is 2. The fourth-order valence-electron chi connectivity index (χ4n) is 2.83. The maximum atomic E-state index is 13.2. The smallest absolute Gasteiger partial charge is 0.310 e. The molecule has 1 aliphatic rings. The lowest BCUT2D eigenvalue weighted by molar-refractivity contribution is -0.157. The number of halogens is 1. The van der Waals surface area contributed by atoms with Crippen LogP contribution in [-0.4, -0.2) is 26.5 Å². The van der Waals surface area contributed by atoms with E-state index >= 15 is 0 Å². The second kappa shape index (κ2) is 5.08. The number of aryl methyl sites for hydroxylation is 1. The van der Waals surface area contributed by atoms with Crippen molar-refractivity contribution in [2.45, 2.75) is 25.7 Å². The van der Waals surface area contributed by atoms with Crippen molar-refractivity contribution in [2.24, 2.45) is 12.5 Å². The summed E-state index contributed by atoms with van der Waals surface area (Å²) in [7, 11) is 1.71. The zero-order valence-electron chi connectivity index (χ0n) is 12.1. The van der Waals surface area contributed by atoms with Crippen molar-refractivity contribution in [3.8, 4) is 0 Å². The quantitative estimate of drug-likeness (QED) is 0.907. The van der Waals surface area contributed by atoms with Crippen LogP contribution in [0.2, 0.25) is 0 Å². The van der Waals surface area contributed by atoms with Crippen LogP contribution in [-0.2, 0) is 16.6 Å². The number of amides is 1. The number of nitrogens with zero attached hydrogens (tertiary/aromatic N) is 2. The van der Waals surface area contributed by atoms with Crippen molar-refractivity contribution in [3.63, 3.8) is 0 Å². The summed E-state index contributed by atoms with van der Waals surface area (Å²) in [5, 5.41) is 11.9. The molecule has 1 saturated carbocycles. The van der Waals surface area contributed by atoms with Gasteiger partial charge in [-0.25, -0.2) is 9.37 Å². The van der Waals surface area contributed by atoms with Crippen LogP contribution in [0.4, 0.5) is 10.3 Å². The molecule has 0 radical (unpaired) electrons. The van der Waals surface area contributed by atoms with Crippen LogP contribution < -0.4 is 5.32 Å². The van der Waals surface area contributed by atoms with Crippen molar-refractivity contribution in [1.29, 1.82) is 0 Å². The van der Waals surface area contributed by atoms with Gasteiger partial charge in [0, 0.05) is 19.5 Å². The fraction of sp³-hybridized carbons (Fsp3) is 0.400. The van der Waals surface area contributed by atoms with Gasteiger partial charge in [-0.05, 0) is 25.0 Å². The molecule has 1 aromatic heterocycles. The number of anilines is 1. The molecule has 0 saturated heterocycles. The summed E-state index contributed by atoms with van der Waals surface area (Å²) in [5.41, 5.74) is 0.184. The summed E-state index contributed by atoms with van der Waals surface area (Å²) in [6.07, 6.45) is 1.79. The van der Waals surface area contributed by atoms with E-state index in [4.69, 9.17) is 0 Å². The van der Waals surface area contributed by atoms with Crippen molar-refractivity contribution < 1.29 is 19.1 Å². The third kappa shape index (κ3) is 2.32. The third-order valence-electron chi connectivity index (χ3n) is 4.36. The van der Waals surface area contributed by atoms with Crippen molar-refractivity contribution in [3.05, 3.63) is 24.0 Å². The number of rotatable bonds is 4. The Morgan fingerprint density at radius 2 is 2.18 bits per heavy atom. The standard InChI is InChI=1S/C15H16FN3O3/c1-19-11-4-3-9(16)7-10(11)17-14(19)18-12(20)8-15(13(21)22)5-2-6-15/h3-4,7H,2,5-6,8H2,1H3,(H,21,22)(H,17,18,20). The molecule has 6 nitrogen and oxygen atoms in total. The molecule has 2 N–H and O–H groups in total. The second-order valence-electron chi connectivity index (χ2n) is 5.79. The molecule has 1 aromatic carbocycles. The van der Waals surface area contributed by atoms with Gasteiger partial charge in [-0.3, -0.25) is 14.9 Å². The van der Waals surface area contributed by atoms with Gasteiger partial charge in [0.05, 0.1) is 16.4 Å². The highest BCUT2D eigenvalue weighted by Crippen LogP contribution is 2.44. The van der Waals surface area contributed by atoms with Gasteiger partial charge in [0.2, 0.25) is 11.9 Å². The molecule has 2 aromatic rings. The second-order valence-corrected chi connectivity index (χ2v) is 5.79. The summed E-state index contributed by atoms with van der Waals surface area (Å²) < 4.78 is 14.8. The topological polar surface area (TPSA) is 84.2 Å².